The van der Waals surface area contributed by atoms with Gasteiger partial charge in [-0.2, -0.15) is 5.26 Å². The summed E-state index contributed by atoms with van der Waals surface area (Å²) in [6, 6.07) is 7.27. The molecule has 0 radical (unpaired) electrons. The molecular weight excluding hydrogens is 426 g/mol. The van der Waals surface area contributed by atoms with Crippen LogP contribution in [0.1, 0.15) is 75.6 Å². The first-order chi connectivity index (χ1) is 13.4. The fourth-order valence-corrected chi connectivity index (χ4v) is 5.26. The van der Waals surface area contributed by atoms with E-state index in [1.54, 1.807) is 19.9 Å². The molecule has 0 bridgehead atoms. The number of benzene rings is 1. The number of amides is 2. The van der Waals surface area contributed by atoms with E-state index in [2.05, 4.69) is 16.1 Å². The third-order valence-electron chi connectivity index (χ3n) is 4.38. The largest absolute Gasteiger partial charge is 0.386 e. The fourth-order valence-electron chi connectivity index (χ4n) is 2.86. The summed E-state index contributed by atoms with van der Waals surface area (Å²) in [4.78, 5) is 12.6. The van der Waals surface area contributed by atoms with E-state index in [0.717, 1.165) is 33.0 Å². The molecule has 29 heavy (non-hydrogen) atoms. The number of carbonyl (C=O) groups is 1. The number of nitriles is 1. The van der Waals surface area contributed by atoms with E-state index in [1.165, 1.54) is 11.3 Å². The maximum atomic E-state index is 12.6. The molecule has 0 atom stereocenters. The van der Waals surface area contributed by atoms with Crippen LogP contribution in [0.5, 0.6) is 0 Å². The topological polar surface area (TPSA) is 85.2 Å². The van der Waals surface area contributed by atoms with Gasteiger partial charge in [-0.15, -0.1) is 11.3 Å². The molecule has 0 unspecified atom stereocenters. The van der Waals surface area contributed by atoms with Gasteiger partial charge in [0.2, 0.25) is 0 Å². The van der Waals surface area contributed by atoms with E-state index in [9.17, 15) is 15.2 Å². The summed E-state index contributed by atoms with van der Waals surface area (Å²) >= 11 is 8.65. The molecule has 1 aromatic heterocycles. The number of urea groups is 1. The van der Waals surface area contributed by atoms with Crippen LogP contribution in [-0.4, -0.2) is 11.1 Å². The molecule has 0 spiro atoms. The number of aliphatic hydroxyl groups is 1. The van der Waals surface area contributed by atoms with Crippen LogP contribution in [0, 0.1) is 11.3 Å². The van der Waals surface area contributed by atoms with Crippen LogP contribution in [0.4, 0.5) is 10.5 Å². The van der Waals surface area contributed by atoms with Crippen LogP contribution in [0.15, 0.2) is 22.4 Å². The number of nitrogens with zero attached hydrogens (tertiary/aromatic N) is 1. The Morgan fingerprint density at radius 1 is 1.21 bits per heavy atom. The Labute approximate surface area is 185 Å². The smallest absolute Gasteiger partial charge is 0.329 e. The van der Waals surface area contributed by atoms with Crippen molar-refractivity contribution in [3.63, 3.8) is 0 Å². The van der Waals surface area contributed by atoms with Crippen molar-refractivity contribution in [3.8, 4) is 6.07 Å². The van der Waals surface area contributed by atoms with E-state index >= 15 is 0 Å². The van der Waals surface area contributed by atoms with Crippen LogP contribution in [0.3, 0.4) is 0 Å². The predicted octanol–water partition coefficient (Wildman–Crippen LogP) is 6.58. The number of hydrogen-bond acceptors (Lipinski definition) is 5. The molecule has 3 N–H and O–H groups in total. The van der Waals surface area contributed by atoms with Crippen LogP contribution in [0.25, 0.3) is 0 Å². The number of halogens is 1. The monoisotopic (exact) mass is 451 g/mol. The first-order valence-corrected chi connectivity index (χ1v) is 11.3. The van der Waals surface area contributed by atoms with Gasteiger partial charge >= 0.3 is 6.03 Å². The first-order valence-electron chi connectivity index (χ1n) is 9.28. The van der Waals surface area contributed by atoms with E-state index in [1.807, 2.05) is 39.8 Å². The molecular formula is C21H26ClN3O2S2. The number of thiophene rings is 1. The standard InChI is InChI=1S/C21H26ClN3O2S2/c1-11(2)14-7-13(10-23)8-15(12(3)4)18(14)24-20(26)25-29-17-9-16(19(22)28-17)21(5,6)27/h7-9,11-12,27H,1-6H3,(H2,24,25,26). The normalized spacial score (nSPS) is 11.6. The lowest BCUT2D eigenvalue weighted by Gasteiger charge is -2.21. The highest BCUT2D eigenvalue weighted by molar-refractivity contribution is 7.99. The third-order valence-corrected chi connectivity index (χ3v) is 6.64. The molecule has 0 aliphatic carbocycles. The van der Waals surface area contributed by atoms with Gasteiger partial charge in [-0.3, -0.25) is 4.72 Å². The van der Waals surface area contributed by atoms with E-state index < -0.39 is 5.60 Å². The zero-order chi connectivity index (χ0) is 21.9. The first kappa shape index (κ1) is 23.6. The van der Waals surface area contributed by atoms with Gasteiger partial charge in [0, 0.05) is 11.3 Å². The maximum Gasteiger partial charge on any atom is 0.329 e. The Hall–Kier alpha value is -1.72. The minimum atomic E-state index is -1.05. The second-order valence-corrected chi connectivity index (χ2v) is 10.7. The average Bonchev–Trinajstić information content (AvgIpc) is 3.00. The summed E-state index contributed by atoms with van der Waals surface area (Å²) in [6.07, 6.45) is 0. The SMILES string of the molecule is CC(C)c1cc(C#N)cc(C(C)C)c1NC(=O)NSc1cc(C(C)(C)O)c(Cl)s1. The molecule has 2 rings (SSSR count). The van der Waals surface area contributed by atoms with Crippen molar-refractivity contribution in [1.82, 2.24) is 4.72 Å². The quantitative estimate of drug-likeness (QED) is 0.433. The Balaban J connectivity index is 2.22. The Kier molecular flexibility index (Phi) is 7.63. The molecule has 0 fully saturated rings. The van der Waals surface area contributed by atoms with Gasteiger partial charge in [0.05, 0.1) is 21.4 Å². The van der Waals surface area contributed by atoms with Gasteiger partial charge in [0.25, 0.3) is 0 Å². The van der Waals surface area contributed by atoms with Crippen molar-refractivity contribution >= 4 is 46.6 Å². The lowest BCUT2D eigenvalue weighted by Crippen LogP contribution is -2.24. The van der Waals surface area contributed by atoms with Gasteiger partial charge in [0.1, 0.15) is 4.34 Å². The number of anilines is 1. The van der Waals surface area contributed by atoms with Gasteiger partial charge in [-0.05, 0) is 67.0 Å². The predicted molar refractivity (Wildman–Crippen MR) is 122 cm³/mol. The summed E-state index contributed by atoms with van der Waals surface area (Å²) in [5.41, 5.74) is 2.77. The van der Waals surface area contributed by atoms with Crippen molar-refractivity contribution < 1.29 is 9.90 Å². The molecule has 2 amide bonds. The molecule has 8 heteroatoms. The summed E-state index contributed by atoms with van der Waals surface area (Å²) in [5, 5.41) is 22.4. The highest BCUT2D eigenvalue weighted by atomic mass is 35.5. The fraction of sp³-hybridized carbons (Fsp3) is 0.429. The number of carbonyl (C=O) groups excluding carboxylic acids is 1. The minimum Gasteiger partial charge on any atom is -0.386 e. The Bertz CT molecular complexity index is 911. The van der Waals surface area contributed by atoms with Crippen LogP contribution in [-0.2, 0) is 5.60 Å². The maximum absolute atomic E-state index is 12.6. The molecule has 0 saturated carbocycles. The Morgan fingerprint density at radius 3 is 2.17 bits per heavy atom. The molecule has 0 saturated heterocycles. The van der Waals surface area contributed by atoms with Crippen molar-refractivity contribution in [1.29, 1.82) is 5.26 Å². The van der Waals surface area contributed by atoms with Gasteiger partial charge in [-0.25, -0.2) is 4.79 Å². The van der Waals surface area contributed by atoms with Crippen LogP contribution in [0.2, 0.25) is 4.34 Å². The van der Waals surface area contributed by atoms with Gasteiger partial charge < -0.3 is 10.4 Å². The van der Waals surface area contributed by atoms with Crippen molar-refractivity contribution in [2.45, 2.75) is 63.2 Å². The second-order valence-electron chi connectivity index (χ2n) is 7.92. The molecule has 2 aromatic rings. The minimum absolute atomic E-state index is 0.147. The molecule has 156 valence electrons. The zero-order valence-electron chi connectivity index (χ0n) is 17.4. The zero-order valence-corrected chi connectivity index (χ0v) is 19.8. The summed E-state index contributed by atoms with van der Waals surface area (Å²) in [7, 11) is 0. The highest BCUT2D eigenvalue weighted by Gasteiger charge is 2.23. The van der Waals surface area contributed by atoms with Crippen molar-refractivity contribution in [2.75, 3.05) is 5.32 Å². The molecule has 0 aliphatic rings. The Morgan fingerprint density at radius 2 is 1.76 bits per heavy atom. The van der Waals surface area contributed by atoms with E-state index in [4.69, 9.17) is 11.6 Å². The van der Waals surface area contributed by atoms with E-state index in [-0.39, 0.29) is 17.9 Å². The van der Waals surface area contributed by atoms with Crippen LogP contribution < -0.4 is 10.0 Å². The molecule has 0 aliphatic heterocycles. The van der Waals surface area contributed by atoms with Gasteiger partial charge in [0.15, 0.2) is 0 Å². The van der Waals surface area contributed by atoms with E-state index in [0.29, 0.717) is 15.5 Å². The molecule has 5 nitrogen and oxygen atoms in total. The summed E-state index contributed by atoms with van der Waals surface area (Å²) < 4.78 is 4.04. The number of nitrogens with one attached hydrogen (secondary N) is 2. The second kappa shape index (κ2) is 9.40. The van der Waals surface area contributed by atoms with Gasteiger partial charge in [-0.1, -0.05) is 39.3 Å². The number of hydrogen-bond donors (Lipinski definition) is 3. The lowest BCUT2D eigenvalue weighted by atomic mass is 9.90. The van der Waals surface area contributed by atoms with Crippen molar-refractivity contribution in [3.05, 3.63) is 44.8 Å². The highest BCUT2D eigenvalue weighted by Crippen LogP contribution is 2.39. The molecule has 1 heterocycles. The summed E-state index contributed by atoms with van der Waals surface area (Å²) in [6.45, 7) is 11.5. The average molecular weight is 452 g/mol. The molecule has 1 aromatic carbocycles. The van der Waals surface area contributed by atoms with Crippen molar-refractivity contribution in [2.24, 2.45) is 0 Å². The number of rotatable bonds is 6. The lowest BCUT2D eigenvalue weighted by molar-refractivity contribution is 0.0790. The van der Waals surface area contributed by atoms with Crippen LogP contribution >= 0.6 is 34.9 Å². The summed E-state index contributed by atoms with van der Waals surface area (Å²) in [5.74, 6) is 0.295. The third kappa shape index (κ3) is 5.89.